The highest BCUT2D eigenvalue weighted by atomic mass is 35.5. The van der Waals surface area contributed by atoms with E-state index in [1.54, 1.807) is 6.07 Å². The van der Waals surface area contributed by atoms with Crippen molar-refractivity contribution in [2.24, 2.45) is 0 Å². The van der Waals surface area contributed by atoms with E-state index in [9.17, 15) is 9.59 Å². The summed E-state index contributed by atoms with van der Waals surface area (Å²) in [5, 5.41) is 11.8. The highest BCUT2D eigenvalue weighted by molar-refractivity contribution is 6.30. The number of carboxylic acid groups (broad SMARTS) is 1. The number of carbonyl (C=O) groups is 2. The first-order valence-electron chi connectivity index (χ1n) is 7.24. The van der Waals surface area contributed by atoms with Crippen LogP contribution in [0.5, 0.6) is 0 Å². The van der Waals surface area contributed by atoms with Gasteiger partial charge in [0.05, 0.1) is 6.04 Å². The molecule has 1 aromatic rings. The maximum atomic E-state index is 11.6. The molecule has 1 aromatic heterocycles. The Kier molecular flexibility index (Phi) is 5.11. The van der Waals surface area contributed by atoms with Gasteiger partial charge in [-0.15, -0.1) is 0 Å². The van der Waals surface area contributed by atoms with Crippen LogP contribution in [0.2, 0.25) is 5.15 Å². The van der Waals surface area contributed by atoms with Gasteiger partial charge in [-0.3, -0.25) is 4.90 Å². The number of alkyl carbamates (subject to hydrolysis) is 1. The Morgan fingerprint density at radius 1 is 1.43 bits per heavy atom. The molecule has 126 valence electrons. The Morgan fingerprint density at radius 3 is 2.61 bits per heavy atom. The molecule has 1 fully saturated rings. The molecule has 0 radical (unpaired) electrons. The maximum Gasteiger partial charge on any atom is 0.407 e. The number of hydrogen-bond donors (Lipinski definition) is 2. The number of aromatic nitrogens is 1. The number of amides is 1. The van der Waals surface area contributed by atoms with Gasteiger partial charge in [-0.1, -0.05) is 17.7 Å². The normalized spacial score (nSPS) is 15.8. The van der Waals surface area contributed by atoms with Crippen molar-refractivity contribution in [2.45, 2.75) is 39.0 Å². The summed E-state index contributed by atoms with van der Waals surface area (Å²) in [5.41, 5.74) is 0.165. The molecule has 1 saturated heterocycles. The van der Waals surface area contributed by atoms with Crippen LogP contribution in [0, 0.1) is 0 Å². The quantitative estimate of drug-likeness (QED) is 0.815. The summed E-state index contributed by atoms with van der Waals surface area (Å²) >= 11 is 6.00. The lowest BCUT2D eigenvalue weighted by Crippen LogP contribution is -2.59. The summed E-state index contributed by atoms with van der Waals surface area (Å²) in [6.45, 7) is 7.35. The Balaban J connectivity index is 1.80. The number of halogens is 1. The molecule has 0 bridgehead atoms. The minimum atomic E-state index is -1.11. The average Bonchev–Trinajstić information content (AvgIpc) is 2.35. The van der Waals surface area contributed by atoms with Crippen molar-refractivity contribution in [3.8, 4) is 0 Å². The first-order valence-corrected chi connectivity index (χ1v) is 7.62. The second-order valence-corrected chi connectivity index (χ2v) is 6.85. The van der Waals surface area contributed by atoms with Crippen LogP contribution in [0.15, 0.2) is 12.1 Å². The molecule has 0 saturated carbocycles. The van der Waals surface area contributed by atoms with E-state index in [0.717, 1.165) is 5.56 Å². The topological polar surface area (TPSA) is 91.8 Å². The molecule has 1 amide bonds. The van der Waals surface area contributed by atoms with Crippen molar-refractivity contribution in [3.63, 3.8) is 0 Å². The zero-order chi connectivity index (χ0) is 17.2. The van der Waals surface area contributed by atoms with Crippen molar-refractivity contribution >= 4 is 23.7 Å². The van der Waals surface area contributed by atoms with Crippen LogP contribution in [0.25, 0.3) is 0 Å². The summed E-state index contributed by atoms with van der Waals surface area (Å²) < 4.78 is 5.20. The van der Waals surface area contributed by atoms with Gasteiger partial charge in [0.15, 0.2) is 0 Å². The fourth-order valence-electron chi connectivity index (χ4n) is 2.21. The van der Waals surface area contributed by atoms with E-state index in [0.29, 0.717) is 19.6 Å². The molecule has 0 aliphatic carbocycles. The van der Waals surface area contributed by atoms with Gasteiger partial charge >= 0.3 is 12.1 Å². The van der Waals surface area contributed by atoms with Crippen LogP contribution in [-0.2, 0) is 11.3 Å². The predicted molar refractivity (Wildman–Crippen MR) is 84.6 cm³/mol. The minimum Gasteiger partial charge on any atom is -0.477 e. The van der Waals surface area contributed by atoms with Crippen molar-refractivity contribution in [2.75, 3.05) is 13.1 Å². The number of rotatable bonds is 4. The van der Waals surface area contributed by atoms with Gasteiger partial charge in [0.25, 0.3) is 0 Å². The third kappa shape index (κ3) is 5.07. The Morgan fingerprint density at radius 2 is 2.09 bits per heavy atom. The molecule has 0 aromatic carbocycles. The lowest BCUT2D eigenvalue weighted by molar-refractivity contribution is 0.0392. The zero-order valence-corrected chi connectivity index (χ0v) is 14.1. The van der Waals surface area contributed by atoms with Crippen molar-refractivity contribution < 1.29 is 19.4 Å². The van der Waals surface area contributed by atoms with Gasteiger partial charge in [-0.25, -0.2) is 14.6 Å². The van der Waals surface area contributed by atoms with Crippen molar-refractivity contribution in [1.29, 1.82) is 0 Å². The molecule has 7 nitrogen and oxygen atoms in total. The largest absolute Gasteiger partial charge is 0.477 e. The monoisotopic (exact) mass is 341 g/mol. The molecule has 0 unspecified atom stereocenters. The van der Waals surface area contributed by atoms with E-state index in [4.69, 9.17) is 21.4 Å². The second kappa shape index (κ2) is 6.72. The minimum absolute atomic E-state index is 0.0369. The highest BCUT2D eigenvalue weighted by Gasteiger charge is 2.30. The van der Waals surface area contributed by atoms with E-state index >= 15 is 0 Å². The molecule has 23 heavy (non-hydrogen) atoms. The smallest absolute Gasteiger partial charge is 0.407 e. The standard InChI is InChI=1S/C15H20ClN3O4/c1-15(2,3)23-14(22)17-10-7-19(8-10)6-9-4-5-11(13(20)21)18-12(9)16/h4-5,10H,6-8H2,1-3H3,(H,17,22)(H,20,21). The summed E-state index contributed by atoms with van der Waals surface area (Å²) in [7, 11) is 0. The molecular formula is C15H20ClN3O4. The lowest BCUT2D eigenvalue weighted by Gasteiger charge is -2.39. The Bertz CT molecular complexity index is 609. The number of nitrogens with one attached hydrogen (secondary N) is 1. The number of aromatic carboxylic acids is 1. The number of hydrogen-bond acceptors (Lipinski definition) is 5. The van der Waals surface area contributed by atoms with Gasteiger partial charge in [-0.05, 0) is 26.8 Å². The Hall–Kier alpha value is -1.86. The second-order valence-electron chi connectivity index (χ2n) is 6.49. The number of carboxylic acids is 1. The van der Waals surface area contributed by atoms with E-state index in [1.807, 2.05) is 20.8 Å². The predicted octanol–water partition coefficient (Wildman–Crippen LogP) is 2.14. The van der Waals surface area contributed by atoms with Gasteiger partial charge in [-0.2, -0.15) is 0 Å². The summed E-state index contributed by atoms with van der Waals surface area (Å²) in [4.78, 5) is 28.4. The van der Waals surface area contributed by atoms with Crippen LogP contribution in [0.1, 0.15) is 36.8 Å². The first kappa shape index (κ1) is 17.5. The van der Waals surface area contributed by atoms with Gasteiger partial charge < -0.3 is 15.2 Å². The third-order valence-electron chi connectivity index (χ3n) is 3.22. The first-order chi connectivity index (χ1) is 10.6. The summed E-state index contributed by atoms with van der Waals surface area (Å²) in [5.74, 6) is -1.11. The highest BCUT2D eigenvalue weighted by Crippen LogP contribution is 2.20. The van der Waals surface area contributed by atoms with Crippen molar-refractivity contribution in [1.82, 2.24) is 15.2 Å². The number of carbonyl (C=O) groups excluding carboxylic acids is 1. The van der Waals surface area contributed by atoms with Crippen LogP contribution in [0.4, 0.5) is 4.79 Å². The fourth-order valence-corrected chi connectivity index (χ4v) is 2.42. The van der Waals surface area contributed by atoms with E-state index in [-0.39, 0.29) is 16.9 Å². The molecule has 2 heterocycles. The summed E-state index contributed by atoms with van der Waals surface area (Å²) in [6, 6.07) is 3.13. The third-order valence-corrected chi connectivity index (χ3v) is 3.54. The number of nitrogens with zero attached hydrogens (tertiary/aromatic N) is 2. The zero-order valence-electron chi connectivity index (χ0n) is 13.3. The molecule has 0 spiro atoms. The molecule has 1 aliphatic rings. The lowest BCUT2D eigenvalue weighted by atomic mass is 10.1. The molecule has 2 rings (SSSR count). The van der Waals surface area contributed by atoms with Gasteiger partial charge in [0, 0.05) is 25.2 Å². The average molecular weight is 342 g/mol. The Labute approximate surface area is 139 Å². The fraction of sp³-hybridized carbons (Fsp3) is 0.533. The van der Waals surface area contributed by atoms with Crippen LogP contribution >= 0.6 is 11.6 Å². The van der Waals surface area contributed by atoms with Gasteiger partial charge in [0.1, 0.15) is 16.4 Å². The molecule has 0 atom stereocenters. The SMILES string of the molecule is CC(C)(C)OC(=O)NC1CN(Cc2ccc(C(=O)O)nc2Cl)C1. The van der Waals surface area contributed by atoms with E-state index in [1.165, 1.54) is 6.07 Å². The molecular weight excluding hydrogens is 322 g/mol. The number of pyridine rings is 1. The molecule has 8 heteroatoms. The van der Waals surface area contributed by atoms with Crippen LogP contribution in [0.3, 0.4) is 0 Å². The molecule has 1 aliphatic heterocycles. The van der Waals surface area contributed by atoms with Crippen LogP contribution < -0.4 is 5.32 Å². The van der Waals surface area contributed by atoms with E-state index < -0.39 is 17.7 Å². The molecule has 2 N–H and O–H groups in total. The van der Waals surface area contributed by atoms with Crippen molar-refractivity contribution in [3.05, 3.63) is 28.5 Å². The number of ether oxygens (including phenoxy) is 1. The number of likely N-dealkylation sites (tertiary alicyclic amines) is 1. The maximum absolute atomic E-state index is 11.6. The van der Waals surface area contributed by atoms with Crippen LogP contribution in [-0.4, -0.2) is 51.8 Å². The summed E-state index contributed by atoms with van der Waals surface area (Å²) in [6.07, 6.45) is -0.423. The van der Waals surface area contributed by atoms with Gasteiger partial charge in [0.2, 0.25) is 0 Å². The van der Waals surface area contributed by atoms with E-state index in [2.05, 4.69) is 15.2 Å².